The van der Waals surface area contributed by atoms with Crippen molar-refractivity contribution in [2.75, 3.05) is 7.11 Å². The first-order valence-electron chi connectivity index (χ1n) is 5.59. The maximum Gasteiger partial charge on any atom is 0.337 e. The van der Waals surface area contributed by atoms with E-state index < -0.39 is 17.8 Å². The highest BCUT2D eigenvalue weighted by Crippen LogP contribution is 2.25. The molecule has 1 aromatic carbocycles. The molecule has 0 atom stereocenters. The number of carboxylic acid groups (broad SMARTS) is 1. The fraction of sp³-hybridized carbons (Fsp3) is 0.0714. The summed E-state index contributed by atoms with van der Waals surface area (Å²) in [4.78, 5) is 26.4. The van der Waals surface area contributed by atoms with Crippen LogP contribution in [0.25, 0.3) is 11.1 Å². The van der Waals surface area contributed by atoms with Crippen LogP contribution in [0.2, 0.25) is 0 Å². The summed E-state index contributed by atoms with van der Waals surface area (Å²) in [6.45, 7) is 0. The topological polar surface area (TPSA) is 76.5 Å². The number of hydrogen-bond acceptors (Lipinski definition) is 4. The van der Waals surface area contributed by atoms with Gasteiger partial charge in [-0.1, -0.05) is 0 Å². The minimum atomic E-state index is -1.16. The number of methoxy groups -OCH3 is 1. The van der Waals surface area contributed by atoms with E-state index in [2.05, 4.69) is 9.72 Å². The second kappa shape index (κ2) is 5.48. The number of ether oxygens (including phenoxy) is 1. The molecule has 2 rings (SSSR count). The minimum Gasteiger partial charge on any atom is -0.478 e. The molecule has 0 saturated heterocycles. The zero-order valence-corrected chi connectivity index (χ0v) is 10.5. The molecule has 0 amide bonds. The van der Waals surface area contributed by atoms with Crippen LogP contribution in [-0.4, -0.2) is 29.1 Å². The number of esters is 1. The fourth-order valence-corrected chi connectivity index (χ4v) is 1.79. The summed E-state index contributed by atoms with van der Waals surface area (Å²) in [6.07, 6.45) is 2.63. The van der Waals surface area contributed by atoms with Gasteiger partial charge in [0.25, 0.3) is 0 Å². The number of carboxylic acids is 1. The lowest BCUT2D eigenvalue weighted by molar-refractivity contribution is 0.0599. The Kier molecular flexibility index (Phi) is 3.74. The summed E-state index contributed by atoms with van der Waals surface area (Å²) in [5.41, 5.74) is 0.449. The van der Waals surface area contributed by atoms with Crippen molar-refractivity contribution in [3.63, 3.8) is 0 Å². The molecule has 0 bridgehead atoms. The van der Waals surface area contributed by atoms with Gasteiger partial charge in [0.1, 0.15) is 5.82 Å². The second-order valence-corrected chi connectivity index (χ2v) is 3.95. The van der Waals surface area contributed by atoms with E-state index in [4.69, 9.17) is 5.11 Å². The molecule has 2 aromatic rings. The average Bonchev–Trinajstić information content (AvgIpc) is 2.45. The molecule has 0 spiro atoms. The quantitative estimate of drug-likeness (QED) is 0.870. The minimum absolute atomic E-state index is 0.00249. The van der Waals surface area contributed by atoms with E-state index in [0.29, 0.717) is 0 Å². The molecule has 102 valence electrons. The van der Waals surface area contributed by atoms with Crippen molar-refractivity contribution in [3.8, 4) is 11.1 Å². The van der Waals surface area contributed by atoms with E-state index in [1.165, 1.54) is 31.6 Å². The largest absolute Gasteiger partial charge is 0.478 e. The normalized spacial score (nSPS) is 10.1. The van der Waals surface area contributed by atoms with E-state index >= 15 is 0 Å². The highest BCUT2D eigenvalue weighted by atomic mass is 19.1. The van der Waals surface area contributed by atoms with Crippen LogP contribution < -0.4 is 0 Å². The lowest BCUT2D eigenvalue weighted by Crippen LogP contribution is -2.04. The van der Waals surface area contributed by atoms with Crippen LogP contribution in [0.3, 0.4) is 0 Å². The molecule has 1 N–H and O–H groups in total. The molecule has 6 heteroatoms. The number of halogens is 1. The molecule has 20 heavy (non-hydrogen) atoms. The molecule has 0 aliphatic rings. The third-order valence-electron chi connectivity index (χ3n) is 2.68. The summed E-state index contributed by atoms with van der Waals surface area (Å²) in [6, 6.07) is 4.82. The number of hydrogen-bond donors (Lipinski definition) is 1. The van der Waals surface area contributed by atoms with Crippen LogP contribution in [-0.2, 0) is 4.74 Å². The highest BCUT2D eigenvalue weighted by molar-refractivity contribution is 5.97. The fourth-order valence-electron chi connectivity index (χ4n) is 1.79. The Morgan fingerprint density at radius 1 is 1.30 bits per heavy atom. The maximum absolute atomic E-state index is 13.6. The predicted octanol–water partition coefficient (Wildman–Crippen LogP) is 2.37. The van der Waals surface area contributed by atoms with Crippen LogP contribution in [0.15, 0.2) is 36.7 Å². The number of carbonyl (C=O) groups is 2. The van der Waals surface area contributed by atoms with Gasteiger partial charge in [-0.05, 0) is 29.8 Å². The molecule has 0 aliphatic carbocycles. The van der Waals surface area contributed by atoms with E-state index in [1.807, 2.05) is 0 Å². The van der Waals surface area contributed by atoms with Gasteiger partial charge in [0.15, 0.2) is 0 Å². The van der Waals surface area contributed by atoms with Gasteiger partial charge in [-0.3, -0.25) is 4.98 Å². The molecule has 0 unspecified atom stereocenters. The van der Waals surface area contributed by atoms with Crippen LogP contribution in [0.5, 0.6) is 0 Å². The zero-order valence-electron chi connectivity index (χ0n) is 10.5. The molecule has 0 saturated carbocycles. The lowest BCUT2D eigenvalue weighted by atomic mass is 10.00. The molecule has 1 aromatic heterocycles. The van der Waals surface area contributed by atoms with Gasteiger partial charge in [0.2, 0.25) is 0 Å². The third kappa shape index (κ3) is 2.64. The van der Waals surface area contributed by atoms with Gasteiger partial charge in [-0.15, -0.1) is 0 Å². The van der Waals surface area contributed by atoms with Gasteiger partial charge >= 0.3 is 11.9 Å². The standard InChI is InChI=1S/C14H10FNO4/c1-20-14(19)9-4-8(5-10(15)6-9)12-7-16-3-2-11(12)13(17)18/h2-7H,1H3,(H,17,18). The Labute approximate surface area is 113 Å². The zero-order chi connectivity index (χ0) is 14.7. The monoisotopic (exact) mass is 275 g/mol. The Morgan fingerprint density at radius 3 is 2.70 bits per heavy atom. The van der Waals surface area contributed by atoms with Crippen molar-refractivity contribution in [1.82, 2.24) is 4.98 Å². The lowest BCUT2D eigenvalue weighted by Gasteiger charge is -2.07. The highest BCUT2D eigenvalue weighted by Gasteiger charge is 2.15. The van der Waals surface area contributed by atoms with Crippen LogP contribution in [0.4, 0.5) is 4.39 Å². The smallest absolute Gasteiger partial charge is 0.337 e. The van der Waals surface area contributed by atoms with E-state index in [1.54, 1.807) is 0 Å². The van der Waals surface area contributed by atoms with Crippen molar-refractivity contribution in [2.45, 2.75) is 0 Å². The van der Waals surface area contributed by atoms with Crippen molar-refractivity contribution < 1.29 is 23.8 Å². The Morgan fingerprint density at radius 2 is 2.05 bits per heavy atom. The molecule has 1 heterocycles. The maximum atomic E-state index is 13.6. The van der Waals surface area contributed by atoms with Crippen molar-refractivity contribution in [1.29, 1.82) is 0 Å². The van der Waals surface area contributed by atoms with Gasteiger partial charge in [-0.25, -0.2) is 14.0 Å². The molecule has 5 nitrogen and oxygen atoms in total. The first kappa shape index (κ1) is 13.7. The molecule has 0 radical (unpaired) electrons. The number of nitrogens with zero attached hydrogens (tertiary/aromatic N) is 1. The van der Waals surface area contributed by atoms with E-state index in [0.717, 1.165) is 12.1 Å². The predicted molar refractivity (Wildman–Crippen MR) is 67.9 cm³/mol. The summed E-state index contributed by atoms with van der Waals surface area (Å²) < 4.78 is 18.1. The number of benzene rings is 1. The van der Waals surface area contributed by atoms with E-state index in [9.17, 15) is 14.0 Å². The summed E-state index contributed by atoms with van der Waals surface area (Å²) in [7, 11) is 1.18. The number of carbonyl (C=O) groups excluding carboxylic acids is 1. The third-order valence-corrected chi connectivity index (χ3v) is 2.68. The number of rotatable bonds is 3. The summed E-state index contributed by atoms with van der Waals surface area (Å²) in [5, 5.41) is 9.11. The van der Waals surface area contributed by atoms with Crippen molar-refractivity contribution in [3.05, 3.63) is 53.6 Å². The van der Waals surface area contributed by atoms with Crippen LogP contribution in [0.1, 0.15) is 20.7 Å². The Hall–Kier alpha value is -2.76. The van der Waals surface area contributed by atoms with Crippen molar-refractivity contribution >= 4 is 11.9 Å². The number of aromatic nitrogens is 1. The Balaban J connectivity index is 2.61. The van der Waals surface area contributed by atoms with Gasteiger partial charge < -0.3 is 9.84 Å². The molecular weight excluding hydrogens is 265 g/mol. The molecular formula is C14H10FNO4. The number of aromatic carboxylic acids is 1. The summed E-state index contributed by atoms with van der Waals surface area (Å²) in [5.74, 6) is -2.53. The van der Waals surface area contributed by atoms with Crippen LogP contribution in [0, 0.1) is 5.82 Å². The second-order valence-electron chi connectivity index (χ2n) is 3.95. The average molecular weight is 275 g/mol. The first-order chi connectivity index (χ1) is 9.52. The van der Waals surface area contributed by atoms with Gasteiger partial charge in [-0.2, -0.15) is 0 Å². The van der Waals surface area contributed by atoms with E-state index in [-0.39, 0.29) is 22.3 Å². The summed E-state index contributed by atoms with van der Waals surface area (Å²) >= 11 is 0. The van der Waals surface area contributed by atoms with Gasteiger partial charge in [0, 0.05) is 18.0 Å². The van der Waals surface area contributed by atoms with Gasteiger partial charge in [0.05, 0.1) is 18.2 Å². The van der Waals surface area contributed by atoms with Crippen molar-refractivity contribution in [2.24, 2.45) is 0 Å². The SMILES string of the molecule is COC(=O)c1cc(F)cc(-c2cnccc2C(=O)O)c1. The Bertz CT molecular complexity index is 685. The number of pyridine rings is 1. The molecule has 0 aliphatic heterocycles. The molecule has 0 fully saturated rings. The first-order valence-corrected chi connectivity index (χ1v) is 5.59. The van der Waals surface area contributed by atoms with Crippen LogP contribution >= 0.6 is 0 Å².